The molecule has 2 atom stereocenters. The first-order chi connectivity index (χ1) is 12.4. The number of esters is 1. The van der Waals surface area contributed by atoms with Crippen LogP contribution in [0.25, 0.3) is 0 Å². The van der Waals surface area contributed by atoms with E-state index in [1.165, 1.54) is 11.8 Å². The molecule has 26 heavy (non-hydrogen) atoms. The molecule has 0 unspecified atom stereocenters. The zero-order chi connectivity index (χ0) is 18.8. The van der Waals surface area contributed by atoms with E-state index in [0.29, 0.717) is 23.0 Å². The van der Waals surface area contributed by atoms with Gasteiger partial charge in [0.15, 0.2) is 5.17 Å². The molecule has 0 aromatic heterocycles. The third-order valence-electron chi connectivity index (χ3n) is 4.41. The fourth-order valence-electron chi connectivity index (χ4n) is 3.12. The maximum absolute atomic E-state index is 12.9. The van der Waals surface area contributed by atoms with E-state index < -0.39 is 12.0 Å². The molecule has 1 aromatic carbocycles. The van der Waals surface area contributed by atoms with Crippen molar-refractivity contribution in [2.75, 3.05) is 6.61 Å². The van der Waals surface area contributed by atoms with Crippen LogP contribution in [-0.2, 0) is 14.3 Å². The number of ether oxygens (including phenoxy) is 1. The maximum atomic E-state index is 12.9. The molecule has 0 saturated carbocycles. The fraction of sp³-hybridized carbons (Fsp3) is 0.450. The molecule has 0 spiro atoms. The van der Waals surface area contributed by atoms with E-state index in [1.54, 1.807) is 4.90 Å². The monoisotopic (exact) mass is 372 g/mol. The number of aliphatic imine (C=N–C) groups is 1. The van der Waals surface area contributed by atoms with Crippen LogP contribution in [0.4, 0.5) is 0 Å². The molecular weight excluding hydrogens is 348 g/mol. The average Bonchev–Trinajstić information content (AvgIpc) is 2.94. The van der Waals surface area contributed by atoms with E-state index in [-0.39, 0.29) is 17.1 Å². The summed E-state index contributed by atoms with van der Waals surface area (Å²) in [6.45, 7) is 8.13. The Bertz CT molecular complexity index is 771. The Morgan fingerprint density at radius 3 is 2.62 bits per heavy atom. The first-order valence-corrected chi connectivity index (χ1v) is 9.83. The van der Waals surface area contributed by atoms with Crippen LogP contribution < -0.4 is 0 Å². The minimum Gasteiger partial charge on any atom is -0.462 e. The molecule has 5 nitrogen and oxygen atoms in total. The summed E-state index contributed by atoms with van der Waals surface area (Å²) in [5.41, 5.74) is 1.96. The van der Waals surface area contributed by atoms with Crippen molar-refractivity contribution in [1.29, 1.82) is 0 Å². The number of hydrogen-bond acceptors (Lipinski definition) is 5. The highest BCUT2D eigenvalue weighted by Gasteiger charge is 2.47. The van der Waals surface area contributed by atoms with Gasteiger partial charge in [0.2, 0.25) is 5.91 Å². The smallest absolute Gasteiger partial charge is 0.338 e. The number of benzene rings is 1. The average molecular weight is 372 g/mol. The summed E-state index contributed by atoms with van der Waals surface area (Å²) in [5.74, 6) is -0.150. The number of carbonyl (C=O) groups excluding carboxylic acids is 2. The zero-order valence-corrected chi connectivity index (χ0v) is 16.4. The third-order valence-corrected chi connectivity index (χ3v) is 5.72. The maximum Gasteiger partial charge on any atom is 0.338 e. The van der Waals surface area contributed by atoms with Gasteiger partial charge in [0.1, 0.15) is 0 Å². The predicted molar refractivity (Wildman–Crippen MR) is 104 cm³/mol. The Morgan fingerprint density at radius 1 is 1.31 bits per heavy atom. The van der Waals surface area contributed by atoms with Crippen LogP contribution in [0, 0.1) is 5.92 Å². The number of carbonyl (C=O) groups is 2. The third kappa shape index (κ3) is 3.43. The summed E-state index contributed by atoms with van der Waals surface area (Å²) >= 11 is 1.48. The van der Waals surface area contributed by atoms with Crippen molar-refractivity contribution in [2.24, 2.45) is 10.9 Å². The molecule has 2 aliphatic heterocycles. The highest BCUT2D eigenvalue weighted by molar-refractivity contribution is 8.15. The molecule has 0 N–H and O–H groups in total. The molecule has 3 rings (SSSR count). The summed E-state index contributed by atoms with van der Waals surface area (Å²) in [5, 5.41) is 0.521. The number of hydrogen-bond donors (Lipinski definition) is 0. The molecule has 1 saturated heterocycles. The second kappa shape index (κ2) is 7.66. The summed E-state index contributed by atoms with van der Waals surface area (Å²) < 4.78 is 5.49. The van der Waals surface area contributed by atoms with Gasteiger partial charge in [-0.15, -0.1) is 0 Å². The van der Waals surface area contributed by atoms with Crippen LogP contribution in [0.1, 0.15) is 45.7 Å². The molecule has 1 aromatic rings. The lowest BCUT2D eigenvalue weighted by molar-refractivity contribution is -0.141. The van der Waals surface area contributed by atoms with Crippen molar-refractivity contribution in [1.82, 2.24) is 4.90 Å². The Kier molecular flexibility index (Phi) is 5.51. The van der Waals surface area contributed by atoms with E-state index in [2.05, 4.69) is 4.99 Å². The Hall–Kier alpha value is -2.08. The number of amidine groups is 1. The van der Waals surface area contributed by atoms with Crippen molar-refractivity contribution in [2.45, 2.75) is 45.4 Å². The Balaban J connectivity index is 2.05. The van der Waals surface area contributed by atoms with Gasteiger partial charge < -0.3 is 4.74 Å². The largest absolute Gasteiger partial charge is 0.462 e. The van der Waals surface area contributed by atoms with Crippen LogP contribution in [0.15, 0.2) is 46.6 Å². The summed E-state index contributed by atoms with van der Waals surface area (Å²) in [7, 11) is 0. The SMILES string of the molecule is CC[C@@H]1SC2=NC(C)=C(C(=O)OCC(C)C)[C@H](c3ccccc3)N2C1=O. The van der Waals surface area contributed by atoms with Gasteiger partial charge in [-0.25, -0.2) is 9.79 Å². The molecule has 0 aliphatic carbocycles. The molecule has 6 heteroatoms. The minimum absolute atomic E-state index is 0.00626. The first kappa shape index (κ1) is 18.7. The molecule has 2 aliphatic rings. The second-order valence-corrected chi connectivity index (χ2v) is 8.09. The van der Waals surface area contributed by atoms with E-state index in [9.17, 15) is 9.59 Å². The number of rotatable bonds is 5. The van der Waals surface area contributed by atoms with E-state index in [1.807, 2.05) is 58.0 Å². The van der Waals surface area contributed by atoms with Crippen molar-refractivity contribution in [3.8, 4) is 0 Å². The van der Waals surface area contributed by atoms with Gasteiger partial charge in [-0.05, 0) is 24.8 Å². The number of fused-ring (bicyclic) bond motifs is 1. The van der Waals surface area contributed by atoms with Gasteiger partial charge in [0.05, 0.1) is 29.2 Å². The lowest BCUT2D eigenvalue weighted by atomic mass is 9.94. The summed E-state index contributed by atoms with van der Waals surface area (Å²) in [4.78, 5) is 32.0. The van der Waals surface area contributed by atoms with E-state index in [4.69, 9.17) is 4.74 Å². The second-order valence-electron chi connectivity index (χ2n) is 6.92. The van der Waals surface area contributed by atoms with Gasteiger partial charge >= 0.3 is 5.97 Å². The first-order valence-electron chi connectivity index (χ1n) is 8.95. The molecule has 138 valence electrons. The molecule has 2 heterocycles. The quantitative estimate of drug-likeness (QED) is 0.735. The van der Waals surface area contributed by atoms with Gasteiger partial charge in [-0.1, -0.05) is 62.9 Å². The van der Waals surface area contributed by atoms with Gasteiger partial charge in [0.25, 0.3) is 0 Å². The van der Waals surface area contributed by atoms with E-state index >= 15 is 0 Å². The van der Waals surface area contributed by atoms with Crippen molar-refractivity contribution >= 4 is 28.8 Å². The molecule has 1 fully saturated rings. The molecule has 0 radical (unpaired) electrons. The highest BCUT2D eigenvalue weighted by atomic mass is 32.2. The van der Waals surface area contributed by atoms with Crippen LogP contribution in [-0.4, -0.2) is 33.8 Å². The molecule has 1 amide bonds. The number of amides is 1. The highest BCUT2D eigenvalue weighted by Crippen LogP contribution is 2.43. The van der Waals surface area contributed by atoms with Crippen LogP contribution in [0.3, 0.4) is 0 Å². The van der Waals surface area contributed by atoms with Crippen LogP contribution in [0.5, 0.6) is 0 Å². The summed E-state index contributed by atoms with van der Waals surface area (Å²) in [6.07, 6.45) is 0.729. The van der Waals surface area contributed by atoms with Crippen LogP contribution >= 0.6 is 11.8 Å². The Labute approximate surface area is 158 Å². The lowest BCUT2D eigenvalue weighted by Gasteiger charge is -2.33. The topological polar surface area (TPSA) is 59.0 Å². The van der Waals surface area contributed by atoms with Crippen molar-refractivity contribution in [3.63, 3.8) is 0 Å². The fourth-order valence-corrected chi connectivity index (χ4v) is 4.25. The normalized spacial score (nSPS) is 22.6. The number of allylic oxidation sites excluding steroid dienone is 1. The molecular formula is C20H24N2O3S. The lowest BCUT2D eigenvalue weighted by Crippen LogP contribution is -2.40. The molecule has 0 bridgehead atoms. The zero-order valence-electron chi connectivity index (χ0n) is 15.6. The Morgan fingerprint density at radius 2 is 2.00 bits per heavy atom. The predicted octanol–water partition coefficient (Wildman–Crippen LogP) is 3.92. The van der Waals surface area contributed by atoms with Crippen LogP contribution in [0.2, 0.25) is 0 Å². The number of nitrogens with zero attached hydrogens (tertiary/aromatic N) is 2. The van der Waals surface area contributed by atoms with E-state index in [0.717, 1.165) is 12.0 Å². The standard InChI is InChI=1S/C20H24N2O3S/c1-5-15-18(23)22-17(14-9-7-6-8-10-14)16(13(4)21-20(22)26-15)19(24)25-11-12(2)3/h6-10,12,15,17H,5,11H2,1-4H3/t15-,17-/m0/s1. The van der Waals surface area contributed by atoms with Gasteiger partial charge in [-0.3, -0.25) is 9.69 Å². The van der Waals surface area contributed by atoms with Crippen molar-refractivity contribution in [3.05, 3.63) is 47.2 Å². The number of thioether (sulfide) groups is 1. The van der Waals surface area contributed by atoms with Gasteiger partial charge in [-0.2, -0.15) is 0 Å². The minimum atomic E-state index is -0.486. The summed E-state index contributed by atoms with van der Waals surface area (Å²) in [6, 6.07) is 9.14. The van der Waals surface area contributed by atoms with Crippen molar-refractivity contribution < 1.29 is 14.3 Å². The van der Waals surface area contributed by atoms with Gasteiger partial charge in [0, 0.05) is 0 Å².